The molecule has 1 amide bonds. The van der Waals surface area contributed by atoms with E-state index < -0.39 is 0 Å². The molecule has 1 atom stereocenters. The average molecular weight is 344 g/mol. The summed E-state index contributed by atoms with van der Waals surface area (Å²) in [4.78, 5) is 29.7. The fraction of sp³-hybridized carbons (Fsp3) is 0.474. The van der Waals surface area contributed by atoms with E-state index in [-0.39, 0.29) is 17.6 Å². The molecular weight excluding hydrogens is 320 g/mol. The van der Waals surface area contributed by atoms with Gasteiger partial charge in [-0.3, -0.25) is 9.59 Å². The van der Waals surface area contributed by atoms with Gasteiger partial charge >= 0.3 is 0 Å². The minimum absolute atomic E-state index is 0.0198. The van der Waals surface area contributed by atoms with E-state index in [1.54, 1.807) is 18.1 Å². The van der Waals surface area contributed by atoms with E-state index in [1.807, 2.05) is 25.1 Å². The number of methoxy groups -OCH3 is 1. The Bertz CT molecular complexity index is 809. The molecule has 3 rings (SSSR count). The van der Waals surface area contributed by atoms with Crippen LogP contribution in [0.1, 0.15) is 31.7 Å². The molecule has 1 N–H and O–H groups in total. The predicted molar refractivity (Wildman–Crippen MR) is 95.8 cm³/mol. The van der Waals surface area contributed by atoms with Crippen molar-refractivity contribution in [1.29, 1.82) is 0 Å². The van der Waals surface area contributed by atoms with Crippen molar-refractivity contribution in [1.82, 2.24) is 9.88 Å². The Morgan fingerprint density at radius 2 is 2.24 bits per heavy atom. The van der Waals surface area contributed by atoms with E-state index in [2.05, 4.69) is 4.98 Å². The van der Waals surface area contributed by atoms with E-state index in [4.69, 9.17) is 9.47 Å². The van der Waals surface area contributed by atoms with Crippen molar-refractivity contribution in [3.05, 3.63) is 40.2 Å². The topological polar surface area (TPSA) is 71.6 Å². The maximum atomic E-state index is 12.7. The first-order chi connectivity index (χ1) is 12.1. The number of benzene rings is 1. The molecule has 0 saturated carbocycles. The lowest BCUT2D eigenvalue weighted by Gasteiger charge is -2.24. The lowest BCUT2D eigenvalue weighted by atomic mass is 10.1. The minimum atomic E-state index is -0.365. The average Bonchev–Trinajstić information content (AvgIpc) is 3.15. The van der Waals surface area contributed by atoms with Crippen LogP contribution in [0.5, 0.6) is 5.75 Å². The summed E-state index contributed by atoms with van der Waals surface area (Å²) in [6.07, 6.45) is 2.14. The first-order valence-corrected chi connectivity index (χ1v) is 8.72. The minimum Gasteiger partial charge on any atom is -0.497 e. The molecule has 0 bridgehead atoms. The number of fused-ring (bicyclic) bond motifs is 1. The molecule has 0 aliphatic carbocycles. The van der Waals surface area contributed by atoms with Crippen LogP contribution in [0.15, 0.2) is 29.1 Å². The van der Waals surface area contributed by atoms with Crippen LogP contribution in [0.25, 0.3) is 10.9 Å². The van der Waals surface area contributed by atoms with Gasteiger partial charge in [-0.05, 0) is 42.8 Å². The molecule has 1 saturated heterocycles. The molecule has 134 valence electrons. The molecule has 1 aromatic heterocycles. The molecule has 1 fully saturated rings. The highest BCUT2D eigenvalue weighted by atomic mass is 16.5. The standard InChI is InChI=1S/C19H24N2O4/c1-3-8-21(19(23)17-5-4-9-25-17)12-14-10-13-6-7-15(24-2)11-16(13)20-18(14)22/h6-7,10-11,17H,3-5,8-9,12H2,1-2H3,(H,20,22). The number of aromatic nitrogens is 1. The van der Waals surface area contributed by atoms with Crippen LogP contribution < -0.4 is 10.3 Å². The van der Waals surface area contributed by atoms with Crippen molar-refractivity contribution >= 4 is 16.8 Å². The molecule has 2 aromatic rings. The van der Waals surface area contributed by atoms with Crippen LogP contribution in [0.2, 0.25) is 0 Å². The summed E-state index contributed by atoms with van der Waals surface area (Å²) in [7, 11) is 1.59. The molecular formula is C19H24N2O4. The van der Waals surface area contributed by atoms with Gasteiger partial charge < -0.3 is 19.4 Å². The second-order valence-electron chi connectivity index (χ2n) is 6.34. The zero-order chi connectivity index (χ0) is 17.8. The van der Waals surface area contributed by atoms with Crippen molar-refractivity contribution in [2.75, 3.05) is 20.3 Å². The number of pyridine rings is 1. The van der Waals surface area contributed by atoms with Gasteiger partial charge in [0, 0.05) is 24.8 Å². The number of rotatable bonds is 6. The van der Waals surface area contributed by atoms with Crippen molar-refractivity contribution in [2.45, 2.75) is 38.8 Å². The molecule has 1 aromatic carbocycles. The number of amides is 1. The van der Waals surface area contributed by atoms with Crippen LogP contribution >= 0.6 is 0 Å². The third-order valence-corrected chi connectivity index (χ3v) is 4.50. The van der Waals surface area contributed by atoms with Gasteiger partial charge in [0.25, 0.3) is 11.5 Å². The second kappa shape index (κ2) is 7.70. The zero-order valence-corrected chi connectivity index (χ0v) is 14.7. The molecule has 25 heavy (non-hydrogen) atoms. The van der Waals surface area contributed by atoms with Gasteiger partial charge in [0.2, 0.25) is 0 Å². The van der Waals surface area contributed by atoms with Gasteiger partial charge in [-0.15, -0.1) is 0 Å². The van der Waals surface area contributed by atoms with Gasteiger partial charge in [0.05, 0.1) is 19.2 Å². The summed E-state index contributed by atoms with van der Waals surface area (Å²) in [5.74, 6) is 0.672. The number of carbonyl (C=O) groups excluding carboxylic acids is 1. The zero-order valence-electron chi connectivity index (χ0n) is 14.7. The summed E-state index contributed by atoms with van der Waals surface area (Å²) in [6, 6.07) is 7.40. The Labute approximate surface area is 146 Å². The largest absolute Gasteiger partial charge is 0.497 e. The summed E-state index contributed by atoms with van der Waals surface area (Å²) in [5.41, 5.74) is 1.13. The molecule has 6 heteroatoms. The quantitative estimate of drug-likeness (QED) is 0.874. The van der Waals surface area contributed by atoms with Gasteiger partial charge in [-0.1, -0.05) is 6.92 Å². The van der Waals surface area contributed by atoms with E-state index >= 15 is 0 Å². The Kier molecular flexibility index (Phi) is 5.38. The van der Waals surface area contributed by atoms with Crippen LogP contribution in [-0.2, 0) is 16.1 Å². The Morgan fingerprint density at radius 1 is 1.40 bits per heavy atom. The number of H-pyrrole nitrogens is 1. The van der Waals surface area contributed by atoms with Crippen molar-refractivity contribution in [2.24, 2.45) is 0 Å². The second-order valence-corrected chi connectivity index (χ2v) is 6.34. The molecule has 6 nitrogen and oxygen atoms in total. The lowest BCUT2D eigenvalue weighted by molar-refractivity contribution is -0.141. The monoisotopic (exact) mass is 344 g/mol. The molecule has 0 spiro atoms. The van der Waals surface area contributed by atoms with Crippen LogP contribution in [0.4, 0.5) is 0 Å². The van der Waals surface area contributed by atoms with Gasteiger partial charge in [-0.25, -0.2) is 0 Å². The normalized spacial score (nSPS) is 17.0. The molecule has 1 aliphatic heterocycles. The maximum absolute atomic E-state index is 12.7. The Balaban J connectivity index is 1.87. The number of hydrogen-bond acceptors (Lipinski definition) is 4. The number of nitrogens with one attached hydrogen (secondary N) is 1. The fourth-order valence-electron chi connectivity index (χ4n) is 3.19. The summed E-state index contributed by atoms with van der Waals surface area (Å²) in [6.45, 7) is 3.56. The Morgan fingerprint density at radius 3 is 2.92 bits per heavy atom. The number of aromatic amines is 1. The SMILES string of the molecule is CCCN(Cc1cc2ccc(OC)cc2[nH]c1=O)C(=O)C1CCCO1. The van der Waals surface area contributed by atoms with E-state index in [0.29, 0.717) is 31.0 Å². The van der Waals surface area contributed by atoms with Crippen molar-refractivity contribution in [3.8, 4) is 5.75 Å². The smallest absolute Gasteiger partial charge is 0.253 e. The summed E-state index contributed by atoms with van der Waals surface area (Å²) in [5, 5.41) is 0.913. The van der Waals surface area contributed by atoms with Gasteiger partial charge in [0.15, 0.2) is 0 Å². The fourth-order valence-corrected chi connectivity index (χ4v) is 3.19. The van der Waals surface area contributed by atoms with E-state index in [9.17, 15) is 9.59 Å². The Hall–Kier alpha value is -2.34. The third-order valence-electron chi connectivity index (χ3n) is 4.50. The van der Waals surface area contributed by atoms with E-state index in [1.165, 1.54) is 0 Å². The van der Waals surface area contributed by atoms with Crippen LogP contribution in [-0.4, -0.2) is 42.2 Å². The number of carbonyl (C=O) groups is 1. The van der Waals surface area contributed by atoms with Crippen molar-refractivity contribution < 1.29 is 14.3 Å². The number of hydrogen-bond donors (Lipinski definition) is 1. The summed E-state index contributed by atoms with van der Waals surface area (Å²) < 4.78 is 10.7. The third kappa shape index (κ3) is 3.85. The molecule has 1 unspecified atom stereocenters. The summed E-state index contributed by atoms with van der Waals surface area (Å²) >= 11 is 0. The van der Waals surface area contributed by atoms with Gasteiger partial charge in [0.1, 0.15) is 11.9 Å². The highest BCUT2D eigenvalue weighted by molar-refractivity contribution is 5.82. The number of ether oxygens (including phenoxy) is 2. The van der Waals surface area contributed by atoms with Crippen LogP contribution in [0, 0.1) is 0 Å². The molecule has 0 radical (unpaired) electrons. The molecule has 2 heterocycles. The van der Waals surface area contributed by atoms with E-state index in [0.717, 1.165) is 30.2 Å². The predicted octanol–water partition coefficient (Wildman–Crippen LogP) is 2.45. The number of nitrogens with zero attached hydrogens (tertiary/aromatic N) is 1. The first kappa shape index (κ1) is 17.5. The highest BCUT2D eigenvalue weighted by Crippen LogP contribution is 2.20. The maximum Gasteiger partial charge on any atom is 0.253 e. The van der Waals surface area contributed by atoms with Gasteiger partial charge in [-0.2, -0.15) is 0 Å². The molecule has 1 aliphatic rings. The first-order valence-electron chi connectivity index (χ1n) is 8.72. The van der Waals surface area contributed by atoms with Crippen LogP contribution in [0.3, 0.4) is 0 Å². The van der Waals surface area contributed by atoms with Crippen molar-refractivity contribution in [3.63, 3.8) is 0 Å². The lowest BCUT2D eigenvalue weighted by Crippen LogP contribution is -2.40. The highest BCUT2D eigenvalue weighted by Gasteiger charge is 2.28.